The Balaban J connectivity index is 1.27. The number of hydrogen-bond acceptors (Lipinski definition) is 2. The molecule has 0 radical (unpaired) electrons. The van der Waals surface area contributed by atoms with Crippen LogP contribution in [0.2, 0.25) is 0 Å². The Kier molecular flexibility index (Phi) is 6.76. The third-order valence-corrected chi connectivity index (χ3v) is 9.03. The molecule has 0 atom stereocenters. The number of nitrogens with zero attached hydrogens (tertiary/aromatic N) is 1. The molecule has 7 aromatic rings. The lowest BCUT2D eigenvalue weighted by atomic mass is 9.85. The predicted molar refractivity (Wildman–Crippen MR) is 192 cm³/mol. The molecule has 2 nitrogen and oxygen atoms in total. The number of dihydropyridines is 1. The first-order chi connectivity index (χ1) is 22.1. The monoisotopic (exact) mass is 578 g/mol. The Morgan fingerprint density at radius 3 is 1.76 bits per heavy atom. The molecule has 1 aromatic heterocycles. The van der Waals surface area contributed by atoms with E-state index in [-0.39, 0.29) is 0 Å². The lowest BCUT2D eigenvalue weighted by Gasteiger charge is -2.19. The lowest BCUT2D eigenvalue weighted by Crippen LogP contribution is -2.09. The quantitative estimate of drug-likeness (QED) is 0.206. The number of hydrogen-bond donors (Lipinski definition) is 1. The number of nitrogens with one attached hydrogen (secondary N) is 1. The third kappa shape index (κ3) is 4.89. The maximum absolute atomic E-state index is 5.00. The minimum atomic E-state index is 0.475. The molecule has 8 rings (SSSR count). The van der Waals surface area contributed by atoms with Crippen LogP contribution in [-0.2, 0) is 0 Å². The van der Waals surface area contributed by atoms with Gasteiger partial charge in [-0.2, -0.15) is 0 Å². The van der Waals surface area contributed by atoms with Crippen LogP contribution in [-0.4, -0.2) is 11.5 Å². The van der Waals surface area contributed by atoms with Crippen LogP contribution in [0.25, 0.3) is 71.4 Å². The largest absolute Gasteiger partial charge is 0.387 e. The molecule has 1 aliphatic heterocycles. The van der Waals surface area contributed by atoms with Crippen LogP contribution in [0, 0.1) is 0 Å². The summed E-state index contributed by atoms with van der Waals surface area (Å²) in [5, 5.41) is 10.8. The summed E-state index contributed by atoms with van der Waals surface area (Å²) >= 11 is 0. The number of rotatable bonds is 5. The zero-order chi connectivity index (χ0) is 30.3. The molecular formula is C43H34N2. The Morgan fingerprint density at radius 2 is 1.13 bits per heavy atom. The molecule has 0 spiro atoms. The standard InChI is InChI=1S/C43H34N2/c1-28(2)29-10-7-11-33(24-29)42-36-13-3-5-15-38(36)43(39-16-6-4-14-37(39)42)34-22-20-30-25-32(21-19-31(30)26-34)40-17-8-18-41(45-40)35-12-9-23-44-27-35/h3-22,24-28,44H,23H2,1-2H3. The van der Waals surface area contributed by atoms with Gasteiger partial charge in [0.25, 0.3) is 0 Å². The minimum Gasteiger partial charge on any atom is -0.387 e. The van der Waals surface area contributed by atoms with E-state index in [4.69, 9.17) is 4.98 Å². The summed E-state index contributed by atoms with van der Waals surface area (Å²) in [4.78, 5) is 5.00. The van der Waals surface area contributed by atoms with Gasteiger partial charge in [-0.05, 0) is 90.3 Å². The van der Waals surface area contributed by atoms with Gasteiger partial charge in [-0.15, -0.1) is 0 Å². The van der Waals surface area contributed by atoms with Gasteiger partial charge in [0.15, 0.2) is 0 Å². The van der Waals surface area contributed by atoms with Crippen molar-refractivity contribution in [2.75, 3.05) is 6.54 Å². The molecule has 0 amide bonds. The van der Waals surface area contributed by atoms with Crippen LogP contribution in [0.15, 0.2) is 146 Å². The van der Waals surface area contributed by atoms with E-state index in [1.54, 1.807) is 0 Å². The van der Waals surface area contributed by atoms with E-state index in [1.165, 1.54) is 60.1 Å². The average Bonchev–Trinajstić information content (AvgIpc) is 3.10. The van der Waals surface area contributed by atoms with Crippen LogP contribution in [0.4, 0.5) is 0 Å². The molecular weight excluding hydrogens is 544 g/mol. The van der Waals surface area contributed by atoms with Gasteiger partial charge in [0.05, 0.1) is 11.4 Å². The molecule has 0 aliphatic carbocycles. The lowest BCUT2D eigenvalue weighted by molar-refractivity contribution is 0.867. The number of benzene rings is 6. The van der Waals surface area contributed by atoms with Crippen molar-refractivity contribution >= 4 is 37.9 Å². The summed E-state index contributed by atoms with van der Waals surface area (Å²) < 4.78 is 0. The molecule has 0 saturated carbocycles. The van der Waals surface area contributed by atoms with Crippen LogP contribution >= 0.6 is 0 Å². The average molecular weight is 579 g/mol. The van der Waals surface area contributed by atoms with E-state index in [2.05, 4.69) is 159 Å². The summed E-state index contributed by atoms with van der Waals surface area (Å²) in [5.41, 5.74) is 10.6. The highest BCUT2D eigenvalue weighted by Crippen LogP contribution is 2.44. The van der Waals surface area contributed by atoms with E-state index in [0.29, 0.717) is 5.92 Å². The number of allylic oxidation sites excluding steroid dienone is 2. The highest BCUT2D eigenvalue weighted by molar-refractivity contribution is 6.21. The van der Waals surface area contributed by atoms with Crippen LogP contribution in [0.3, 0.4) is 0 Å². The van der Waals surface area contributed by atoms with Crippen molar-refractivity contribution in [3.8, 4) is 33.5 Å². The van der Waals surface area contributed by atoms with Gasteiger partial charge >= 0.3 is 0 Å². The predicted octanol–water partition coefficient (Wildman–Crippen LogP) is 11.2. The fourth-order valence-electron chi connectivity index (χ4n) is 6.75. The van der Waals surface area contributed by atoms with E-state index in [1.807, 2.05) is 6.20 Å². The molecule has 216 valence electrons. The zero-order valence-electron chi connectivity index (χ0n) is 25.6. The first-order valence-corrected chi connectivity index (χ1v) is 15.8. The van der Waals surface area contributed by atoms with Gasteiger partial charge in [0.2, 0.25) is 0 Å². The molecule has 2 heteroatoms. The minimum absolute atomic E-state index is 0.475. The summed E-state index contributed by atoms with van der Waals surface area (Å²) in [6.45, 7) is 5.39. The van der Waals surface area contributed by atoms with Crippen molar-refractivity contribution in [3.63, 3.8) is 0 Å². The molecule has 45 heavy (non-hydrogen) atoms. The van der Waals surface area contributed by atoms with Crippen LogP contribution in [0.1, 0.15) is 31.0 Å². The summed E-state index contributed by atoms with van der Waals surface area (Å²) in [6.07, 6.45) is 6.30. The van der Waals surface area contributed by atoms with Crippen molar-refractivity contribution in [2.24, 2.45) is 0 Å². The SMILES string of the molecule is CC(C)c1cccc(-c2c3ccccc3c(-c3ccc4cc(-c5cccc(C6=CNCC=C6)n5)ccc4c3)c3ccccc23)c1. The highest BCUT2D eigenvalue weighted by Gasteiger charge is 2.17. The Bertz CT molecular complexity index is 2250. The normalized spacial score (nSPS) is 13.0. The van der Waals surface area contributed by atoms with Gasteiger partial charge < -0.3 is 5.32 Å². The number of fused-ring (bicyclic) bond motifs is 3. The topological polar surface area (TPSA) is 24.9 Å². The third-order valence-electron chi connectivity index (χ3n) is 9.03. The smallest absolute Gasteiger partial charge is 0.0723 e. The van der Waals surface area contributed by atoms with Gasteiger partial charge in [-0.25, -0.2) is 4.98 Å². The summed E-state index contributed by atoms with van der Waals surface area (Å²) in [6, 6.07) is 46.7. The number of aromatic nitrogens is 1. The maximum Gasteiger partial charge on any atom is 0.0723 e. The summed E-state index contributed by atoms with van der Waals surface area (Å²) in [7, 11) is 0. The molecule has 2 heterocycles. The fourth-order valence-corrected chi connectivity index (χ4v) is 6.75. The maximum atomic E-state index is 5.00. The molecule has 0 fully saturated rings. The van der Waals surface area contributed by atoms with Crippen LogP contribution < -0.4 is 5.32 Å². The summed E-state index contributed by atoms with van der Waals surface area (Å²) in [5.74, 6) is 0.475. The fraction of sp³-hybridized carbons (Fsp3) is 0.0930. The van der Waals surface area contributed by atoms with Gasteiger partial charge in [-0.1, -0.05) is 129 Å². The van der Waals surface area contributed by atoms with Crippen molar-refractivity contribution in [3.05, 3.63) is 157 Å². The van der Waals surface area contributed by atoms with Gasteiger partial charge in [-0.3, -0.25) is 0 Å². The zero-order valence-corrected chi connectivity index (χ0v) is 25.6. The second-order valence-electron chi connectivity index (χ2n) is 12.2. The molecule has 0 saturated heterocycles. The van der Waals surface area contributed by atoms with Gasteiger partial charge in [0, 0.05) is 23.9 Å². The molecule has 0 unspecified atom stereocenters. The van der Waals surface area contributed by atoms with Crippen molar-refractivity contribution < 1.29 is 0 Å². The highest BCUT2D eigenvalue weighted by atomic mass is 14.8. The van der Waals surface area contributed by atoms with E-state index >= 15 is 0 Å². The molecule has 0 bridgehead atoms. The van der Waals surface area contributed by atoms with Crippen molar-refractivity contribution in [2.45, 2.75) is 19.8 Å². The number of pyridine rings is 1. The van der Waals surface area contributed by atoms with Crippen LogP contribution in [0.5, 0.6) is 0 Å². The second kappa shape index (κ2) is 11.2. The Hall–Kier alpha value is -5.47. The van der Waals surface area contributed by atoms with Crippen molar-refractivity contribution in [1.82, 2.24) is 10.3 Å². The van der Waals surface area contributed by atoms with Crippen molar-refractivity contribution in [1.29, 1.82) is 0 Å². The first-order valence-electron chi connectivity index (χ1n) is 15.8. The second-order valence-corrected chi connectivity index (χ2v) is 12.2. The van der Waals surface area contributed by atoms with E-state index < -0.39 is 0 Å². The first kappa shape index (κ1) is 27.1. The van der Waals surface area contributed by atoms with E-state index in [9.17, 15) is 0 Å². The van der Waals surface area contributed by atoms with Gasteiger partial charge in [0.1, 0.15) is 0 Å². The van der Waals surface area contributed by atoms with E-state index in [0.717, 1.165) is 29.1 Å². The Labute approximate surface area is 264 Å². The molecule has 6 aromatic carbocycles. The Morgan fingerprint density at radius 1 is 0.556 bits per heavy atom. The molecule has 1 N–H and O–H groups in total. The molecule has 1 aliphatic rings.